The molecule has 1 atom stereocenters. The molecule has 5 heterocycles. The van der Waals surface area contributed by atoms with Crippen molar-refractivity contribution in [2.24, 2.45) is 5.92 Å². The molecule has 1 fully saturated rings. The number of carbonyl (C=O) groups is 1. The van der Waals surface area contributed by atoms with E-state index in [2.05, 4.69) is 45.1 Å². The summed E-state index contributed by atoms with van der Waals surface area (Å²) in [5.41, 5.74) is 5.20. The van der Waals surface area contributed by atoms with Crippen LogP contribution in [0.4, 0.5) is 0 Å². The van der Waals surface area contributed by atoms with Crippen LogP contribution in [-0.4, -0.2) is 62.8 Å². The lowest BCUT2D eigenvalue weighted by atomic mass is 9.94. The van der Waals surface area contributed by atoms with Gasteiger partial charge in [0.25, 0.3) is 5.91 Å². The maximum atomic E-state index is 12.9. The summed E-state index contributed by atoms with van der Waals surface area (Å²) >= 11 is 0. The molecule has 0 saturated carbocycles. The number of aromatic nitrogens is 4. The first-order chi connectivity index (χ1) is 14.7. The molecule has 8 heteroatoms. The molecule has 3 aromatic rings. The van der Waals surface area contributed by atoms with E-state index in [4.69, 9.17) is 4.74 Å². The van der Waals surface area contributed by atoms with E-state index in [9.17, 15) is 4.79 Å². The average Bonchev–Trinajstić information content (AvgIpc) is 3.37. The number of imidazole rings is 1. The van der Waals surface area contributed by atoms with Crippen LogP contribution in [0.1, 0.15) is 33.7 Å². The van der Waals surface area contributed by atoms with Gasteiger partial charge in [-0.15, -0.1) is 0 Å². The van der Waals surface area contributed by atoms with Crippen LogP contribution in [0.15, 0.2) is 30.7 Å². The van der Waals surface area contributed by atoms with E-state index < -0.39 is 0 Å². The van der Waals surface area contributed by atoms with E-state index in [0.717, 1.165) is 55.1 Å². The van der Waals surface area contributed by atoms with Gasteiger partial charge in [0, 0.05) is 32.4 Å². The van der Waals surface area contributed by atoms with Crippen LogP contribution < -0.4 is 5.32 Å². The third kappa shape index (κ3) is 3.73. The first kappa shape index (κ1) is 19.3. The summed E-state index contributed by atoms with van der Waals surface area (Å²) in [6.45, 7) is 7.19. The molecular formula is C22H28N6O2. The summed E-state index contributed by atoms with van der Waals surface area (Å²) in [6.07, 6.45) is 7.72. The van der Waals surface area contributed by atoms with Crippen LogP contribution in [0, 0.1) is 12.8 Å². The molecule has 8 nitrogen and oxygen atoms in total. The molecule has 0 spiro atoms. The Labute approximate surface area is 175 Å². The lowest BCUT2D eigenvalue weighted by Gasteiger charge is -2.28. The Kier molecular flexibility index (Phi) is 5.26. The van der Waals surface area contributed by atoms with Crippen LogP contribution in [0.5, 0.6) is 0 Å². The molecule has 1 N–H and O–H groups in total. The monoisotopic (exact) mass is 408 g/mol. The molecule has 0 aliphatic carbocycles. The van der Waals surface area contributed by atoms with Gasteiger partial charge in [-0.1, -0.05) is 0 Å². The number of hydrogen-bond donors (Lipinski definition) is 1. The fraction of sp³-hybridized carbons (Fsp3) is 0.500. The normalized spacial score (nSPS) is 19.2. The highest BCUT2D eigenvalue weighted by molar-refractivity contribution is 5.95. The van der Waals surface area contributed by atoms with Gasteiger partial charge in [-0.2, -0.15) is 5.10 Å². The Morgan fingerprint density at radius 3 is 3.00 bits per heavy atom. The molecule has 158 valence electrons. The fourth-order valence-electron chi connectivity index (χ4n) is 4.46. The van der Waals surface area contributed by atoms with Crippen LogP contribution >= 0.6 is 0 Å². The predicted octanol–water partition coefficient (Wildman–Crippen LogP) is 1.66. The smallest absolute Gasteiger partial charge is 0.257 e. The number of hydrogen-bond acceptors (Lipinski definition) is 5. The Morgan fingerprint density at radius 1 is 1.27 bits per heavy atom. The quantitative estimate of drug-likeness (QED) is 0.695. The molecule has 0 bridgehead atoms. The van der Waals surface area contributed by atoms with Gasteiger partial charge in [-0.25, -0.2) is 4.98 Å². The number of amides is 1. The molecule has 3 aromatic heterocycles. The highest BCUT2D eigenvalue weighted by Crippen LogP contribution is 2.24. The fourth-order valence-corrected chi connectivity index (χ4v) is 4.46. The Hall–Kier alpha value is -2.71. The van der Waals surface area contributed by atoms with Crippen molar-refractivity contribution >= 4 is 11.6 Å². The number of rotatable bonds is 5. The minimum atomic E-state index is 0.0918. The van der Waals surface area contributed by atoms with Gasteiger partial charge < -0.3 is 19.4 Å². The second-order valence-electron chi connectivity index (χ2n) is 8.30. The summed E-state index contributed by atoms with van der Waals surface area (Å²) < 4.78 is 9.52. The molecule has 0 radical (unpaired) electrons. The second-order valence-corrected chi connectivity index (χ2v) is 8.30. The number of nitrogens with zero attached hydrogens (tertiary/aromatic N) is 5. The van der Waals surface area contributed by atoms with Gasteiger partial charge in [-0.3, -0.25) is 9.48 Å². The first-order valence-corrected chi connectivity index (χ1v) is 10.7. The van der Waals surface area contributed by atoms with E-state index in [1.165, 1.54) is 5.56 Å². The Morgan fingerprint density at radius 2 is 2.13 bits per heavy atom. The van der Waals surface area contributed by atoms with E-state index in [1.807, 2.05) is 15.8 Å². The van der Waals surface area contributed by atoms with Crippen LogP contribution in [0.3, 0.4) is 0 Å². The van der Waals surface area contributed by atoms with Crippen molar-refractivity contribution < 1.29 is 9.53 Å². The number of aryl methyl sites for hydroxylation is 2. The molecule has 0 unspecified atom stereocenters. The highest BCUT2D eigenvalue weighted by atomic mass is 16.5. The Balaban J connectivity index is 1.21. The van der Waals surface area contributed by atoms with E-state index in [0.29, 0.717) is 32.2 Å². The lowest BCUT2D eigenvalue weighted by molar-refractivity contribution is 0.0301. The molecular weight excluding hydrogens is 380 g/mol. The van der Waals surface area contributed by atoms with Gasteiger partial charge in [0.05, 0.1) is 42.6 Å². The van der Waals surface area contributed by atoms with Gasteiger partial charge in [-0.05, 0) is 49.9 Å². The molecule has 1 saturated heterocycles. The predicted molar refractivity (Wildman–Crippen MR) is 112 cm³/mol. The van der Waals surface area contributed by atoms with Crippen molar-refractivity contribution in [3.05, 3.63) is 53.2 Å². The molecule has 0 aromatic carbocycles. The second kappa shape index (κ2) is 8.20. The molecule has 2 aliphatic rings. The third-order valence-corrected chi connectivity index (χ3v) is 6.19. The standard InChI is InChI=1S/C22H28N6O2/c1-16-2-4-27-18(14-24-21(27)10-16)13-23-12-17-3-5-28-20(11-17)19(15-25-28)22(29)26-6-8-30-9-7-26/h2,4,10,14-15,17,23H,3,5-9,11-13H2,1H3/t17-/m1/s1. The van der Waals surface area contributed by atoms with Gasteiger partial charge in [0.2, 0.25) is 0 Å². The highest BCUT2D eigenvalue weighted by Gasteiger charge is 2.28. The number of nitrogens with one attached hydrogen (secondary N) is 1. The van der Waals surface area contributed by atoms with E-state index in [1.54, 1.807) is 6.20 Å². The molecule has 5 rings (SSSR count). The van der Waals surface area contributed by atoms with Crippen molar-refractivity contribution in [3.8, 4) is 0 Å². The molecule has 2 aliphatic heterocycles. The zero-order chi connectivity index (χ0) is 20.5. The maximum absolute atomic E-state index is 12.9. The summed E-state index contributed by atoms with van der Waals surface area (Å²) in [4.78, 5) is 19.3. The zero-order valence-electron chi connectivity index (χ0n) is 17.4. The Bertz CT molecular complexity index is 1050. The van der Waals surface area contributed by atoms with Crippen LogP contribution in [0.2, 0.25) is 0 Å². The van der Waals surface area contributed by atoms with E-state index in [-0.39, 0.29) is 5.91 Å². The largest absolute Gasteiger partial charge is 0.378 e. The zero-order valence-corrected chi connectivity index (χ0v) is 17.4. The number of fused-ring (bicyclic) bond motifs is 2. The lowest BCUT2D eigenvalue weighted by Crippen LogP contribution is -2.41. The summed E-state index contributed by atoms with van der Waals surface area (Å²) in [5.74, 6) is 0.584. The number of carbonyl (C=O) groups excluding carboxylic acids is 1. The molecule has 1 amide bonds. The third-order valence-electron chi connectivity index (χ3n) is 6.19. The van der Waals surface area contributed by atoms with E-state index >= 15 is 0 Å². The van der Waals surface area contributed by atoms with Gasteiger partial charge >= 0.3 is 0 Å². The molecule has 30 heavy (non-hydrogen) atoms. The maximum Gasteiger partial charge on any atom is 0.257 e. The average molecular weight is 409 g/mol. The van der Waals surface area contributed by atoms with Gasteiger partial charge in [0.15, 0.2) is 0 Å². The number of ether oxygens (including phenoxy) is 1. The van der Waals surface area contributed by atoms with Gasteiger partial charge in [0.1, 0.15) is 5.65 Å². The summed E-state index contributed by atoms with van der Waals surface area (Å²) in [7, 11) is 0. The van der Waals surface area contributed by atoms with Crippen molar-refractivity contribution in [2.45, 2.75) is 32.9 Å². The number of pyridine rings is 1. The van der Waals surface area contributed by atoms with Crippen molar-refractivity contribution in [3.63, 3.8) is 0 Å². The van der Waals surface area contributed by atoms with Crippen LogP contribution in [0.25, 0.3) is 5.65 Å². The summed E-state index contributed by atoms with van der Waals surface area (Å²) in [6, 6.07) is 4.20. The SMILES string of the molecule is Cc1ccn2c(CNC[C@@H]3CCn4ncc(C(=O)N5CCOCC5)c4C3)cnc2c1. The minimum Gasteiger partial charge on any atom is -0.378 e. The van der Waals surface area contributed by atoms with Crippen molar-refractivity contribution in [2.75, 3.05) is 32.8 Å². The van der Waals surface area contributed by atoms with Crippen molar-refractivity contribution in [1.82, 2.24) is 29.4 Å². The van der Waals surface area contributed by atoms with Crippen LogP contribution in [-0.2, 0) is 24.2 Å². The topological polar surface area (TPSA) is 76.7 Å². The number of morpholine rings is 1. The van der Waals surface area contributed by atoms with Crippen molar-refractivity contribution in [1.29, 1.82) is 0 Å². The minimum absolute atomic E-state index is 0.0918. The first-order valence-electron chi connectivity index (χ1n) is 10.7. The summed E-state index contributed by atoms with van der Waals surface area (Å²) in [5, 5.41) is 8.07.